The maximum absolute atomic E-state index is 12.4. The summed E-state index contributed by atoms with van der Waals surface area (Å²) in [5.74, 6) is -2.79. The Morgan fingerprint density at radius 3 is 2.32 bits per heavy atom. The van der Waals surface area contributed by atoms with Crippen LogP contribution in [0.2, 0.25) is 10.0 Å². The van der Waals surface area contributed by atoms with Crippen molar-refractivity contribution in [3.63, 3.8) is 0 Å². The number of hydrogen-bond acceptors (Lipinski definition) is 7. The molecule has 2 rings (SSSR count). The summed E-state index contributed by atoms with van der Waals surface area (Å²) >= 11 is 12.3. The highest BCUT2D eigenvalue weighted by Gasteiger charge is 2.51. The summed E-state index contributed by atoms with van der Waals surface area (Å²) in [5.41, 5.74) is -1.33. The highest BCUT2D eigenvalue weighted by Crippen LogP contribution is 2.49. The van der Waals surface area contributed by atoms with E-state index in [1.54, 1.807) is 19.1 Å². The lowest BCUT2D eigenvalue weighted by Gasteiger charge is -2.29. The van der Waals surface area contributed by atoms with Crippen LogP contribution in [-0.2, 0) is 28.6 Å². The highest BCUT2D eigenvalue weighted by molar-refractivity contribution is 6.64. The Balaban J connectivity index is 2.74. The molecule has 0 amide bonds. The van der Waals surface area contributed by atoms with E-state index in [1.165, 1.54) is 27.0 Å². The van der Waals surface area contributed by atoms with E-state index in [4.69, 9.17) is 32.7 Å². The average molecular weight is 428 g/mol. The summed E-state index contributed by atoms with van der Waals surface area (Å²) in [6.07, 6.45) is 0. The Hall–Kier alpha value is -2.38. The molecule has 0 aromatic heterocycles. The van der Waals surface area contributed by atoms with Gasteiger partial charge in [-0.25, -0.2) is 14.6 Å². The molecule has 0 spiro atoms. The van der Waals surface area contributed by atoms with E-state index in [-0.39, 0.29) is 16.4 Å². The molecule has 1 aromatic rings. The summed E-state index contributed by atoms with van der Waals surface area (Å²) in [6, 6.07) is 4.73. The second kappa shape index (κ2) is 8.32. The van der Waals surface area contributed by atoms with E-state index in [9.17, 15) is 14.4 Å². The van der Waals surface area contributed by atoms with Crippen LogP contribution in [0.1, 0.15) is 32.3 Å². The number of allylic oxidation sites excluding steroid dienone is 1. The molecule has 28 heavy (non-hydrogen) atoms. The Morgan fingerprint density at radius 2 is 1.82 bits per heavy atom. The van der Waals surface area contributed by atoms with Crippen molar-refractivity contribution in [3.8, 4) is 0 Å². The van der Waals surface area contributed by atoms with Gasteiger partial charge in [-0.1, -0.05) is 29.3 Å². The molecular formula is C19H19Cl2NO6. The molecule has 0 bridgehead atoms. The van der Waals surface area contributed by atoms with Crippen LogP contribution in [0.3, 0.4) is 0 Å². The first-order valence-corrected chi connectivity index (χ1v) is 8.93. The number of halogens is 2. The SMILES string of the molecule is COC(=O)C1=C(C)OC(C)(/N=C(\C(C)=O)C(=O)OC)C1c1ccc(Cl)cc1Cl. The van der Waals surface area contributed by atoms with Crippen molar-refractivity contribution in [2.45, 2.75) is 32.4 Å². The Kier molecular flexibility index (Phi) is 6.52. The number of methoxy groups -OCH3 is 2. The van der Waals surface area contributed by atoms with E-state index in [0.29, 0.717) is 10.6 Å². The number of nitrogens with zero attached hydrogens (tertiary/aromatic N) is 1. The molecule has 1 aromatic carbocycles. The molecule has 9 heteroatoms. The van der Waals surface area contributed by atoms with Crippen molar-refractivity contribution in [1.29, 1.82) is 0 Å². The first-order valence-electron chi connectivity index (χ1n) is 8.17. The molecule has 0 N–H and O–H groups in total. The van der Waals surface area contributed by atoms with Crippen LogP contribution in [-0.4, -0.2) is 43.4 Å². The van der Waals surface area contributed by atoms with Crippen molar-refractivity contribution >= 4 is 46.6 Å². The number of aliphatic imine (C=N–C) groups is 1. The number of ketones is 1. The first-order chi connectivity index (χ1) is 13.1. The number of ether oxygens (including phenoxy) is 3. The number of benzene rings is 1. The third-order valence-electron chi connectivity index (χ3n) is 4.29. The fourth-order valence-electron chi connectivity index (χ4n) is 3.12. The minimum atomic E-state index is -1.53. The second-order valence-electron chi connectivity index (χ2n) is 6.23. The summed E-state index contributed by atoms with van der Waals surface area (Å²) in [6.45, 7) is 4.28. The number of carbonyl (C=O) groups is 3. The molecule has 0 saturated carbocycles. The van der Waals surface area contributed by atoms with Gasteiger partial charge in [0.05, 0.1) is 25.7 Å². The molecule has 0 aliphatic carbocycles. The van der Waals surface area contributed by atoms with E-state index in [1.807, 2.05) is 0 Å². The monoisotopic (exact) mass is 427 g/mol. The van der Waals surface area contributed by atoms with Crippen molar-refractivity contribution in [2.75, 3.05) is 14.2 Å². The third kappa shape index (κ3) is 4.05. The van der Waals surface area contributed by atoms with Gasteiger partial charge in [-0.2, -0.15) is 0 Å². The van der Waals surface area contributed by atoms with E-state index >= 15 is 0 Å². The maximum Gasteiger partial charge on any atom is 0.360 e. The van der Waals surface area contributed by atoms with Gasteiger partial charge in [0.2, 0.25) is 5.72 Å². The smallest absolute Gasteiger partial charge is 0.360 e. The van der Waals surface area contributed by atoms with Crippen molar-refractivity contribution < 1.29 is 28.6 Å². The minimum Gasteiger partial charge on any atom is -0.470 e. The van der Waals surface area contributed by atoms with E-state index in [0.717, 1.165) is 7.11 Å². The summed E-state index contributed by atoms with van der Waals surface area (Å²) in [5, 5.41) is 0.665. The number of rotatable bonds is 5. The van der Waals surface area contributed by atoms with Crippen LogP contribution in [0.4, 0.5) is 0 Å². The molecule has 2 unspecified atom stereocenters. The molecule has 0 fully saturated rings. The van der Waals surface area contributed by atoms with Crippen molar-refractivity contribution in [3.05, 3.63) is 45.1 Å². The van der Waals surface area contributed by atoms with Crippen LogP contribution in [0, 0.1) is 0 Å². The lowest BCUT2D eigenvalue weighted by atomic mass is 9.84. The van der Waals surface area contributed by atoms with Crippen LogP contribution in [0.25, 0.3) is 0 Å². The molecule has 1 aliphatic heterocycles. The third-order valence-corrected chi connectivity index (χ3v) is 4.85. The van der Waals surface area contributed by atoms with Crippen molar-refractivity contribution in [1.82, 2.24) is 0 Å². The number of carbonyl (C=O) groups excluding carboxylic acids is 3. The fraction of sp³-hybridized carbons (Fsp3) is 0.368. The summed E-state index contributed by atoms with van der Waals surface area (Å²) < 4.78 is 15.4. The van der Waals surface area contributed by atoms with Gasteiger partial charge in [-0.3, -0.25) is 4.79 Å². The fourth-order valence-corrected chi connectivity index (χ4v) is 3.64. The van der Waals surface area contributed by atoms with Crippen molar-refractivity contribution in [2.24, 2.45) is 4.99 Å². The normalized spacial score (nSPS) is 22.0. The number of hydrogen-bond donors (Lipinski definition) is 0. The van der Waals surface area contributed by atoms with Gasteiger partial charge < -0.3 is 14.2 Å². The predicted octanol–water partition coefficient (Wildman–Crippen LogP) is 3.47. The summed E-state index contributed by atoms with van der Waals surface area (Å²) in [7, 11) is 2.37. The molecule has 2 atom stereocenters. The number of Topliss-reactive ketones (excluding diaryl/α,β-unsaturated/α-hetero) is 1. The average Bonchev–Trinajstić information content (AvgIpc) is 2.88. The van der Waals surface area contributed by atoms with E-state index in [2.05, 4.69) is 9.73 Å². The largest absolute Gasteiger partial charge is 0.470 e. The first kappa shape index (κ1) is 21.9. The highest BCUT2D eigenvalue weighted by atomic mass is 35.5. The predicted molar refractivity (Wildman–Crippen MR) is 104 cm³/mol. The molecular weight excluding hydrogens is 409 g/mol. The molecule has 1 aliphatic rings. The molecule has 7 nitrogen and oxygen atoms in total. The zero-order chi connectivity index (χ0) is 21.2. The van der Waals surface area contributed by atoms with Gasteiger partial charge >= 0.3 is 11.9 Å². The summed E-state index contributed by atoms with van der Waals surface area (Å²) in [4.78, 5) is 40.7. The van der Waals surface area contributed by atoms with Crippen LogP contribution < -0.4 is 0 Å². The van der Waals surface area contributed by atoms with Crippen LogP contribution in [0.5, 0.6) is 0 Å². The van der Waals surface area contributed by atoms with Gasteiger partial charge in [-0.05, 0) is 31.5 Å². The number of esters is 2. The topological polar surface area (TPSA) is 91.3 Å². The van der Waals surface area contributed by atoms with E-state index < -0.39 is 35.1 Å². The van der Waals surface area contributed by atoms with Crippen LogP contribution >= 0.6 is 23.2 Å². The van der Waals surface area contributed by atoms with Gasteiger partial charge in [0.15, 0.2) is 11.5 Å². The second-order valence-corrected chi connectivity index (χ2v) is 7.07. The lowest BCUT2D eigenvalue weighted by Crippen LogP contribution is -2.36. The minimum absolute atomic E-state index is 0.172. The quantitative estimate of drug-likeness (QED) is 0.405. The van der Waals surface area contributed by atoms with Gasteiger partial charge in [-0.15, -0.1) is 0 Å². The lowest BCUT2D eigenvalue weighted by molar-refractivity contribution is -0.136. The zero-order valence-electron chi connectivity index (χ0n) is 16.0. The zero-order valence-corrected chi connectivity index (χ0v) is 17.5. The van der Waals surface area contributed by atoms with Gasteiger partial charge in [0.25, 0.3) is 0 Å². The standard InChI is InChI=1S/C19H19Cl2NO6/c1-9(23)16(18(25)27-5)22-19(3)15(12-7-6-11(20)8-13(12)21)14(10(2)28-19)17(24)26-4/h6-8,15H,1-5H3/b22-16+. The van der Waals surface area contributed by atoms with Gasteiger partial charge in [0.1, 0.15) is 5.76 Å². The maximum atomic E-state index is 12.4. The molecule has 150 valence electrons. The van der Waals surface area contributed by atoms with Gasteiger partial charge in [0, 0.05) is 17.0 Å². The Labute approximate surface area is 172 Å². The molecule has 1 heterocycles. The van der Waals surface area contributed by atoms with Crippen LogP contribution in [0.15, 0.2) is 34.5 Å². The Bertz CT molecular complexity index is 908. The Morgan fingerprint density at radius 1 is 1.18 bits per heavy atom. The molecule has 0 radical (unpaired) electrons. The molecule has 0 saturated heterocycles.